The van der Waals surface area contributed by atoms with Gasteiger partial charge in [-0.3, -0.25) is 9.59 Å². The third-order valence-corrected chi connectivity index (χ3v) is 7.43. The molecule has 2 fully saturated rings. The summed E-state index contributed by atoms with van der Waals surface area (Å²) in [5.41, 5.74) is -1.19. The Morgan fingerprint density at radius 3 is 1.85 bits per heavy atom. The maximum Gasteiger partial charge on any atom is 0.242 e. The first-order valence-electron chi connectivity index (χ1n) is 8.32. The second-order valence-corrected chi connectivity index (χ2v) is 9.70. The zero-order valence-corrected chi connectivity index (χ0v) is 15.8. The Bertz CT molecular complexity index is 916. The van der Waals surface area contributed by atoms with Crippen molar-refractivity contribution in [1.82, 2.24) is 4.31 Å². The monoisotopic (exact) mass is 376 g/mol. The van der Waals surface area contributed by atoms with Crippen LogP contribution in [0.25, 0.3) is 0 Å². The molecule has 0 radical (unpaired) electrons. The highest BCUT2D eigenvalue weighted by molar-refractivity contribution is 7.89. The predicted molar refractivity (Wildman–Crippen MR) is 93.8 cm³/mol. The molecule has 26 heavy (non-hydrogen) atoms. The van der Waals surface area contributed by atoms with Gasteiger partial charge in [-0.05, 0) is 38.1 Å². The fraction of sp³-hybridized carbons (Fsp3) is 0.444. The predicted octanol–water partition coefficient (Wildman–Crippen LogP) is 1.16. The van der Waals surface area contributed by atoms with Crippen LogP contribution in [-0.4, -0.2) is 49.8 Å². The molecule has 1 aromatic carbocycles. The average molecular weight is 376 g/mol. The highest BCUT2D eigenvalue weighted by Gasteiger charge is 2.70. The van der Waals surface area contributed by atoms with Crippen molar-refractivity contribution in [3.63, 3.8) is 0 Å². The van der Waals surface area contributed by atoms with E-state index in [1.807, 2.05) is 26.0 Å². The molecule has 0 aliphatic carbocycles. The fourth-order valence-corrected chi connectivity index (χ4v) is 5.17. The van der Waals surface area contributed by atoms with E-state index in [1.54, 1.807) is 0 Å². The molecule has 2 saturated heterocycles. The number of hydrogen-bond acceptors (Lipinski definition) is 5. The largest absolute Gasteiger partial charge is 0.359 e. The van der Waals surface area contributed by atoms with Gasteiger partial charge in [-0.1, -0.05) is 12.2 Å². The van der Waals surface area contributed by atoms with Crippen molar-refractivity contribution in [3.8, 4) is 0 Å². The first kappa shape index (κ1) is 17.4. The Morgan fingerprint density at radius 1 is 0.962 bits per heavy atom. The zero-order chi connectivity index (χ0) is 19.1. The van der Waals surface area contributed by atoms with Crippen molar-refractivity contribution in [2.45, 2.75) is 29.9 Å². The number of fused-ring (bicyclic) bond motifs is 5. The average Bonchev–Trinajstić information content (AvgIpc) is 3.11. The molecule has 0 saturated carbocycles. The van der Waals surface area contributed by atoms with E-state index in [4.69, 9.17) is 4.74 Å². The van der Waals surface area contributed by atoms with Gasteiger partial charge in [0.1, 0.15) is 0 Å². The molecule has 2 bridgehead atoms. The lowest BCUT2D eigenvalue weighted by molar-refractivity contribution is -0.128. The van der Waals surface area contributed by atoms with Gasteiger partial charge in [0, 0.05) is 14.1 Å². The van der Waals surface area contributed by atoms with Crippen LogP contribution in [0.4, 0.5) is 5.69 Å². The molecule has 3 heterocycles. The first-order chi connectivity index (χ1) is 12.0. The maximum atomic E-state index is 13.0. The van der Waals surface area contributed by atoms with Crippen LogP contribution in [0.15, 0.2) is 41.3 Å². The van der Waals surface area contributed by atoms with Crippen LogP contribution in [0, 0.1) is 11.8 Å². The topological polar surface area (TPSA) is 84.0 Å². The van der Waals surface area contributed by atoms with Gasteiger partial charge >= 0.3 is 0 Å². The SMILES string of the molecule is CN(C)S(=O)(=O)c1ccc(N2C(=O)C3C(C2=O)[C@]2(C)C=C[C@@]3(C)O2)cc1. The Labute approximate surface area is 152 Å². The van der Waals surface area contributed by atoms with E-state index in [9.17, 15) is 18.0 Å². The van der Waals surface area contributed by atoms with Crippen molar-refractivity contribution in [2.75, 3.05) is 19.0 Å². The van der Waals surface area contributed by atoms with Gasteiger partial charge in [-0.25, -0.2) is 17.6 Å². The zero-order valence-electron chi connectivity index (χ0n) is 15.0. The number of sulfonamides is 1. The van der Waals surface area contributed by atoms with Crippen LogP contribution in [0.2, 0.25) is 0 Å². The number of benzene rings is 1. The highest BCUT2D eigenvalue weighted by Crippen LogP contribution is 2.57. The number of carbonyl (C=O) groups excluding carboxylic acids is 2. The molecular weight excluding hydrogens is 356 g/mol. The molecule has 1 aromatic rings. The summed E-state index contributed by atoms with van der Waals surface area (Å²) in [5.74, 6) is -1.73. The van der Waals surface area contributed by atoms with Crippen LogP contribution < -0.4 is 4.90 Å². The Kier molecular flexibility index (Phi) is 3.36. The Balaban J connectivity index is 1.71. The molecular formula is C18H20N2O5S. The summed E-state index contributed by atoms with van der Waals surface area (Å²) in [5, 5.41) is 0. The molecule has 2 unspecified atom stereocenters. The van der Waals surface area contributed by atoms with E-state index >= 15 is 0 Å². The molecule has 2 amide bonds. The first-order valence-corrected chi connectivity index (χ1v) is 9.76. The molecule has 0 aromatic heterocycles. The van der Waals surface area contributed by atoms with Gasteiger partial charge < -0.3 is 4.74 Å². The summed E-state index contributed by atoms with van der Waals surface area (Å²) in [6.45, 7) is 3.64. The normalized spacial score (nSPS) is 35.7. The van der Waals surface area contributed by atoms with Gasteiger partial charge in [-0.15, -0.1) is 0 Å². The minimum atomic E-state index is -3.57. The number of nitrogens with zero attached hydrogens (tertiary/aromatic N) is 2. The fourth-order valence-electron chi connectivity index (χ4n) is 4.26. The lowest BCUT2D eigenvalue weighted by Crippen LogP contribution is -2.39. The van der Waals surface area contributed by atoms with E-state index in [2.05, 4.69) is 0 Å². The van der Waals surface area contributed by atoms with E-state index in [0.717, 1.165) is 9.21 Å². The Hall–Kier alpha value is -2.03. The molecule has 8 heteroatoms. The number of anilines is 1. The second kappa shape index (κ2) is 5.03. The van der Waals surface area contributed by atoms with Crippen LogP contribution in [0.3, 0.4) is 0 Å². The van der Waals surface area contributed by atoms with E-state index in [-0.39, 0.29) is 16.7 Å². The summed E-state index contributed by atoms with van der Waals surface area (Å²) < 4.78 is 31.4. The molecule has 0 spiro atoms. The second-order valence-electron chi connectivity index (χ2n) is 7.55. The van der Waals surface area contributed by atoms with Gasteiger partial charge in [0.2, 0.25) is 21.8 Å². The number of rotatable bonds is 3. The van der Waals surface area contributed by atoms with Gasteiger partial charge in [-0.2, -0.15) is 0 Å². The summed E-state index contributed by atoms with van der Waals surface area (Å²) in [7, 11) is -0.678. The minimum absolute atomic E-state index is 0.106. The Morgan fingerprint density at radius 2 is 1.42 bits per heavy atom. The third-order valence-electron chi connectivity index (χ3n) is 5.60. The van der Waals surface area contributed by atoms with E-state index in [0.29, 0.717) is 5.69 Å². The third kappa shape index (κ3) is 2.03. The molecule has 7 nitrogen and oxygen atoms in total. The van der Waals surface area contributed by atoms with Crippen LogP contribution >= 0.6 is 0 Å². The number of amides is 2. The summed E-state index contributed by atoms with van der Waals surface area (Å²) in [4.78, 5) is 27.2. The summed E-state index contributed by atoms with van der Waals surface area (Å²) in [6.07, 6.45) is 3.71. The van der Waals surface area contributed by atoms with Crippen molar-refractivity contribution >= 4 is 27.5 Å². The van der Waals surface area contributed by atoms with Crippen molar-refractivity contribution < 1.29 is 22.7 Å². The van der Waals surface area contributed by atoms with Crippen LogP contribution in [0.5, 0.6) is 0 Å². The molecule has 4 atom stereocenters. The van der Waals surface area contributed by atoms with Crippen molar-refractivity contribution in [2.24, 2.45) is 11.8 Å². The lowest BCUT2D eigenvalue weighted by atomic mass is 9.73. The van der Waals surface area contributed by atoms with Crippen LogP contribution in [-0.2, 0) is 24.3 Å². The van der Waals surface area contributed by atoms with Gasteiger partial charge in [0.25, 0.3) is 0 Å². The standard InChI is InChI=1S/C18H20N2O5S/c1-17-9-10-18(2,25-17)14-13(17)15(21)20(16(14)22)11-5-7-12(8-6-11)26(23,24)19(3)4/h5-10,13-14H,1-4H3/t13?,14?,17-,18+. The molecule has 3 aliphatic heterocycles. The van der Waals surface area contributed by atoms with Crippen LogP contribution in [0.1, 0.15) is 13.8 Å². The van der Waals surface area contributed by atoms with Crippen molar-refractivity contribution in [3.05, 3.63) is 36.4 Å². The quantitative estimate of drug-likeness (QED) is 0.584. The van der Waals surface area contributed by atoms with Crippen molar-refractivity contribution in [1.29, 1.82) is 0 Å². The minimum Gasteiger partial charge on any atom is -0.359 e. The lowest BCUT2D eigenvalue weighted by Gasteiger charge is -2.25. The highest BCUT2D eigenvalue weighted by atomic mass is 32.2. The number of imide groups is 1. The molecule has 3 aliphatic rings. The number of carbonyl (C=O) groups is 2. The molecule has 0 N–H and O–H groups in total. The van der Waals surface area contributed by atoms with E-state index < -0.39 is 33.1 Å². The summed E-state index contributed by atoms with van der Waals surface area (Å²) >= 11 is 0. The smallest absolute Gasteiger partial charge is 0.242 e. The number of ether oxygens (including phenoxy) is 1. The van der Waals surface area contributed by atoms with Gasteiger partial charge in [0.05, 0.1) is 33.6 Å². The summed E-state index contributed by atoms with van der Waals surface area (Å²) in [6, 6.07) is 5.81. The molecule has 138 valence electrons. The number of hydrogen-bond donors (Lipinski definition) is 0. The maximum absolute atomic E-state index is 13.0. The van der Waals surface area contributed by atoms with E-state index in [1.165, 1.54) is 38.4 Å². The van der Waals surface area contributed by atoms with Gasteiger partial charge in [0.15, 0.2) is 0 Å². The molecule has 4 rings (SSSR count).